The number of nitrogens with one attached hydrogen (secondary N) is 1. The molecule has 0 fully saturated rings. The molecule has 18 heavy (non-hydrogen) atoms. The number of hydrogen-bond acceptors (Lipinski definition) is 2. The van der Waals surface area contributed by atoms with Crippen LogP contribution in [0.2, 0.25) is 0 Å². The van der Waals surface area contributed by atoms with Gasteiger partial charge in [-0.25, -0.2) is 0 Å². The molecule has 0 heterocycles. The minimum Gasteiger partial charge on any atom is -0.308 e. The van der Waals surface area contributed by atoms with Gasteiger partial charge in [0.15, 0.2) is 0 Å². The maximum absolute atomic E-state index is 3.72. The predicted molar refractivity (Wildman–Crippen MR) is 79.9 cm³/mol. The normalized spacial score (nSPS) is 13.9. The minimum absolute atomic E-state index is 0.181. The molecule has 0 aliphatic carbocycles. The number of rotatable bonds is 7. The van der Waals surface area contributed by atoms with Crippen molar-refractivity contribution in [3.8, 4) is 0 Å². The molecule has 2 nitrogen and oxygen atoms in total. The smallest absolute Gasteiger partial charge is 0.0320 e. The van der Waals surface area contributed by atoms with Crippen molar-refractivity contribution in [3.63, 3.8) is 0 Å². The van der Waals surface area contributed by atoms with Crippen molar-refractivity contribution in [2.45, 2.75) is 45.2 Å². The molecule has 0 saturated carbocycles. The molecule has 1 atom stereocenters. The van der Waals surface area contributed by atoms with Crippen LogP contribution in [0.5, 0.6) is 0 Å². The third kappa shape index (κ3) is 4.43. The lowest BCUT2D eigenvalue weighted by Crippen LogP contribution is -2.47. The van der Waals surface area contributed by atoms with E-state index in [1.165, 1.54) is 18.4 Å². The minimum atomic E-state index is 0.181. The maximum Gasteiger partial charge on any atom is 0.0320 e. The summed E-state index contributed by atoms with van der Waals surface area (Å²) in [5, 5.41) is 3.72. The molecule has 0 aliphatic heterocycles. The third-order valence-corrected chi connectivity index (χ3v) is 3.77. The zero-order chi connectivity index (χ0) is 13.6. The van der Waals surface area contributed by atoms with Gasteiger partial charge in [-0.1, -0.05) is 43.7 Å². The molecule has 0 aromatic heterocycles. The van der Waals surface area contributed by atoms with Crippen LogP contribution in [0.25, 0.3) is 0 Å². The SMILES string of the molecule is CCCC(NCC(C)(C)N(C)C)c1ccccc1. The molecule has 1 N–H and O–H groups in total. The Balaban J connectivity index is 2.65. The van der Waals surface area contributed by atoms with Gasteiger partial charge in [0, 0.05) is 18.1 Å². The van der Waals surface area contributed by atoms with Gasteiger partial charge >= 0.3 is 0 Å². The van der Waals surface area contributed by atoms with E-state index in [4.69, 9.17) is 0 Å². The fourth-order valence-electron chi connectivity index (χ4n) is 1.89. The Morgan fingerprint density at radius 3 is 2.28 bits per heavy atom. The van der Waals surface area contributed by atoms with Crippen molar-refractivity contribution in [1.82, 2.24) is 10.2 Å². The summed E-state index contributed by atoms with van der Waals surface area (Å²) in [4.78, 5) is 2.27. The Bertz CT molecular complexity index is 330. The largest absolute Gasteiger partial charge is 0.308 e. The Kier molecular flexibility index (Phi) is 5.83. The quantitative estimate of drug-likeness (QED) is 0.795. The fourth-order valence-corrected chi connectivity index (χ4v) is 1.89. The lowest BCUT2D eigenvalue weighted by atomic mass is 9.99. The van der Waals surface area contributed by atoms with E-state index in [2.05, 4.69) is 75.4 Å². The molecule has 0 spiro atoms. The highest BCUT2D eigenvalue weighted by Gasteiger charge is 2.21. The zero-order valence-electron chi connectivity index (χ0n) is 12.5. The summed E-state index contributed by atoms with van der Waals surface area (Å²) in [5.74, 6) is 0. The van der Waals surface area contributed by atoms with Crippen molar-refractivity contribution < 1.29 is 0 Å². The molecular weight excluding hydrogens is 220 g/mol. The molecule has 0 aliphatic rings. The lowest BCUT2D eigenvalue weighted by Gasteiger charge is -2.34. The average Bonchev–Trinajstić information content (AvgIpc) is 2.35. The Hall–Kier alpha value is -0.860. The van der Waals surface area contributed by atoms with Gasteiger partial charge < -0.3 is 10.2 Å². The summed E-state index contributed by atoms with van der Waals surface area (Å²) in [5.41, 5.74) is 1.58. The van der Waals surface area contributed by atoms with E-state index in [1.807, 2.05) is 0 Å². The van der Waals surface area contributed by atoms with Gasteiger partial charge in [0.2, 0.25) is 0 Å². The predicted octanol–water partition coefficient (Wildman–Crippen LogP) is 3.46. The van der Waals surface area contributed by atoms with Crippen LogP contribution in [0.15, 0.2) is 30.3 Å². The third-order valence-electron chi connectivity index (χ3n) is 3.77. The highest BCUT2D eigenvalue weighted by atomic mass is 15.2. The van der Waals surface area contributed by atoms with Crippen LogP contribution in [0.4, 0.5) is 0 Å². The molecule has 2 heteroatoms. The number of hydrogen-bond donors (Lipinski definition) is 1. The molecule has 1 rings (SSSR count). The lowest BCUT2D eigenvalue weighted by molar-refractivity contribution is 0.183. The molecule has 1 aromatic rings. The van der Waals surface area contributed by atoms with Crippen LogP contribution in [0.1, 0.15) is 45.2 Å². The van der Waals surface area contributed by atoms with Crippen molar-refractivity contribution in [2.24, 2.45) is 0 Å². The van der Waals surface area contributed by atoms with Gasteiger partial charge in [-0.15, -0.1) is 0 Å². The van der Waals surface area contributed by atoms with Gasteiger partial charge in [-0.05, 0) is 39.9 Å². The summed E-state index contributed by atoms with van der Waals surface area (Å²) in [6.45, 7) is 7.79. The topological polar surface area (TPSA) is 15.3 Å². The van der Waals surface area contributed by atoms with Crippen molar-refractivity contribution in [3.05, 3.63) is 35.9 Å². The van der Waals surface area contributed by atoms with Crippen LogP contribution >= 0.6 is 0 Å². The van der Waals surface area contributed by atoms with E-state index >= 15 is 0 Å². The fraction of sp³-hybridized carbons (Fsp3) is 0.625. The van der Waals surface area contributed by atoms with Crippen LogP contribution in [-0.4, -0.2) is 31.1 Å². The molecule has 0 saturated heterocycles. The van der Waals surface area contributed by atoms with E-state index in [0.29, 0.717) is 6.04 Å². The van der Waals surface area contributed by atoms with Crippen LogP contribution in [0, 0.1) is 0 Å². The first-order chi connectivity index (χ1) is 8.47. The van der Waals surface area contributed by atoms with Gasteiger partial charge in [-0.3, -0.25) is 0 Å². The summed E-state index contributed by atoms with van der Waals surface area (Å²) >= 11 is 0. The Labute approximate surface area is 112 Å². The standard InChI is InChI=1S/C16H28N2/c1-6-10-15(14-11-8-7-9-12-14)17-13-16(2,3)18(4)5/h7-9,11-12,15,17H,6,10,13H2,1-5H3. The highest BCUT2D eigenvalue weighted by molar-refractivity contribution is 5.18. The molecule has 102 valence electrons. The average molecular weight is 248 g/mol. The van der Waals surface area contributed by atoms with Crippen molar-refractivity contribution in [2.75, 3.05) is 20.6 Å². The van der Waals surface area contributed by atoms with Crippen LogP contribution in [0.3, 0.4) is 0 Å². The number of nitrogens with zero attached hydrogens (tertiary/aromatic N) is 1. The highest BCUT2D eigenvalue weighted by Crippen LogP contribution is 2.19. The summed E-state index contributed by atoms with van der Waals surface area (Å²) in [7, 11) is 4.28. The maximum atomic E-state index is 3.72. The van der Waals surface area contributed by atoms with E-state index < -0.39 is 0 Å². The van der Waals surface area contributed by atoms with Gasteiger partial charge in [-0.2, -0.15) is 0 Å². The first kappa shape index (κ1) is 15.2. The molecule has 0 amide bonds. The summed E-state index contributed by atoms with van der Waals surface area (Å²) in [6, 6.07) is 11.2. The monoisotopic (exact) mass is 248 g/mol. The second-order valence-corrected chi connectivity index (χ2v) is 5.84. The molecular formula is C16H28N2. The van der Waals surface area contributed by atoms with Crippen LogP contribution in [-0.2, 0) is 0 Å². The molecule has 1 aromatic carbocycles. The Morgan fingerprint density at radius 1 is 1.17 bits per heavy atom. The van der Waals surface area contributed by atoms with E-state index in [-0.39, 0.29) is 5.54 Å². The van der Waals surface area contributed by atoms with Gasteiger partial charge in [0.25, 0.3) is 0 Å². The summed E-state index contributed by atoms with van der Waals surface area (Å²) in [6.07, 6.45) is 2.39. The van der Waals surface area contributed by atoms with Crippen molar-refractivity contribution in [1.29, 1.82) is 0 Å². The molecule has 1 unspecified atom stereocenters. The van der Waals surface area contributed by atoms with Crippen molar-refractivity contribution >= 4 is 0 Å². The van der Waals surface area contributed by atoms with Crippen LogP contribution < -0.4 is 5.32 Å². The first-order valence-corrected chi connectivity index (χ1v) is 6.93. The molecule has 0 bridgehead atoms. The molecule has 0 radical (unpaired) electrons. The zero-order valence-corrected chi connectivity index (χ0v) is 12.5. The number of benzene rings is 1. The van der Waals surface area contributed by atoms with E-state index in [9.17, 15) is 0 Å². The van der Waals surface area contributed by atoms with E-state index in [1.54, 1.807) is 0 Å². The Morgan fingerprint density at radius 2 is 1.78 bits per heavy atom. The summed E-state index contributed by atoms with van der Waals surface area (Å²) < 4.78 is 0. The van der Waals surface area contributed by atoms with Gasteiger partial charge in [0.05, 0.1) is 0 Å². The second kappa shape index (κ2) is 6.91. The van der Waals surface area contributed by atoms with E-state index in [0.717, 1.165) is 6.54 Å². The van der Waals surface area contributed by atoms with Gasteiger partial charge in [0.1, 0.15) is 0 Å². The number of likely N-dealkylation sites (N-methyl/N-ethyl adjacent to an activating group) is 1. The first-order valence-electron chi connectivity index (χ1n) is 6.93. The second-order valence-electron chi connectivity index (χ2n) is 5.84.